The quantitative estimate of drug-likeness (QED) is 0.337. The summed E-state index contributed by atoms with van der Waals surface area (Å²) in [5, 5.41) is 2.62. The van der Waals surface area contributed by atoms with Crippen LogP contribution in [0.15, 0.2) is 59.8 Å². The van der Waals surface area contributed by atoms with Crippen LogP contribution in [0.25, 0.3) is 10.8 Å². The van der Waals surface area contributed by atoms with E-state index in [-0.39, 0.29) is 5.92 Å². The van der Waals surface area contributed by atoms with E-state index in [0.29, 0.717) is 5.78 Å². The molecular formula is C35H40N2O. The van der Waals surface area contributed by atoms with Crippen LogP contribution in [0.3, 0.4) is 0 Å². The van der Waals surface area contributed by atoms with Crippen molar-refractivity contribution < 1.29 is 4.79 Å². The lowest BCUT2D eigenvalue weighted by Gasteiger charge is -2.22. The normalized spacial score (nSPS) is 26.0. The third kappa shape index (κ3) is 4.33. The third-order valence-corrected chi connectivity index (χ3v) is 9.91. The lowest BCUT2D eigenvalue weighted by Crippen LogP contribution is -2.33. The number of fused-ring (bicyclic) bond motifs is 4. The number of pyridine rings is 1. The Bertz CT molecular complexity index is 1440. The maximum atomic E-state index is 13.6. The van der Waals surface area contributed by atoms with Crippen LogP contribution in [-0.2, 0) is 29.6 Å². The summed E-state index contributed by atoms with van der Waals surface area (Å²) in [6.07, 6.45) is 15.8. The summed E-state index contributed by atoms with van der Waals surface area (Å²) in [7, 11) is 0. The van der Waals surface area contributed by atoms with Crippen LogP contribution in [0.1, 0.15) is 98.6 Å². The molecule has 0 N–H and O–H groups in total. The molecule has 3 aliphatic carbocycles. The monoisotopic (exact) mass is 504 g/mol. The van der Waals surface area contributed by atoms with Crippen LogP contribution in [0.5, 0.6) is 0 Å². The fraction of sp³-hybridized carbons (Fsp3) is 0.486. The van der Waals surface area contributed by atoms with Crippen molar-refractivity contribution in [2.24, 2.45) is 0 Å². The van der Waals surface area contributed by atoms with Crippen molar-refractivity contribution in [2.45, 2.75) is 95.4 Å². The minimum atomic E-state index is -0.417. The summed E-state index contributed by atoms with van der Waals surface area (Å²) >= 11 is 0. The van der Waals surface area contributed by atoms with Crippen molar-refractivity contribution in [3.8, 4) is 0 Å². The van der Waals surface area contributed by atoms with E-state index >= 15 is 0 Å². The van der Waals surface area contributed by atoms with Gasteiger partial charge in [0.05, 0.1) is 17.0 Å². The highest BCUT2D eigenvalue weighted by Gasteiger charge is 2.53. The number of nitrogens with zero attached hydrogens (tertiary/aromatic N) is 2. The van der Waals surface area contributed by atoms with Gasteiger partial charge in [-0.25, -0.2) is 0 Å². The molecule has 1 aliphatic heterocycles. The van der Waals surface area contributed by atoms with E-state index in [1.807, 2.05) is 19.2 Å². The molecule has 1 aromatic heterocycles. The molecule has 0 radical (unpaired) electrons. The number of allylic oxidation sites excluding steroid dienone is 1. The molecule has 2 unspecified atom stereocenters. The lowest BCUT2D eigenvalue weighted by atomic mass is 9.78. The Morgan fingerprint density at radius 3 is 2.50 bits per heavy atom. The van der Waals surface area contributed by atoms with Crippen molar-refractivity contribution in [1.29, 1.82) is 0 Å². The fourth-order valence-corrected chi connectivity index (χ4v) is 7.73. The number of carbonyl (C=O) groups is 1. The molecule has 4 aliphatic rings. The van der Waals surface area contributed by atoms with Gasteiger partial charge in [0.25, 0.3) is 0 Å². The van der Waals surface area contributed by atoms with Crippen LogP contribution >= 0.6 is 0 Å². The van der Waals surface area contributed by atoms with E-state index in [1.54, 1.807) is 11.1 Å². The highest BCUT2D eigenvalue weighted by atomic mass is 16.1. The van der Waals surface area contributed by atoms with Crippen LogP contribution in [0, 0.1) is 0 Å². The highest BCUT2D eigenvalue weighted by Crippen LogP contribution is 2.50. The summed E-state index contributed by atoms with van der Waals surface area (Å²) < 4.78 is 0. The molecule has 0 bridgehead atoms. The average Bonchev–Trinajstić information content (AvgIpc) is 3.49. The Labute approximate surface area is 227 Å². The van der Waals surface area contributed by atoms with Crippen LogP contribution < -0.4 is 0 Å². The molecule has 0 fully saturated rings. The summed E-state index contributed by atoms with van der Waals surface area (Å²) in [4.78, 5) is 20.9. The highest BCUT2D eigenvalue weighted by molar-refractivity contribution is 6.01. The minimum Gasteiger partial charge on any atom is -0.298 e. The zero-order valence-electron chi connectivity index (χ0n) is 22.9. The Morgan fingerprint density at radius 2 is 1.66 bits per heavy atom. The van der Waals surface area contributed by atoms with Gasteiger partial charge in [-0.05, 0) is 97.2 Å². The van der Waals surface area contributed by atoms with E-state index in [9.17, 15) is 4.79 Å². The Balaban J connectivity index is 1.13. The predicted molar refractivity (Wildman–Crippen MR) is 155 cm³/mol. The van der Waals surface area contributed by atoms with Gasteiger partial charge in [-0.2, -0.15) is 0 Å². The first-order valence-corrected chi connectivity index (χ1v) is 15.1. The van der Waals surface area contributed by atoms with Gasteiger partial charge >= 0.3 is 0 Å². The summed E-state index contributed by atoms with van der Waals surface area (Å²) in [6.45, 7) is 5.43. The molecule has 2 heterocycles. The molecule has 3 heteroatoms. The number of ketones is 1. The second kappa shape index (κ2) is 9.75. The molecule has 0 amide bonds. The predicted octanol–water partition coefficient (Wildman–Crippen LogP) is 7.59. The molecule has 0 saturated carbocycles. The molecule has 0 saturated heterocycles. The van der Waals surface area contributed by atoms with Crippen molar-refractivity contribution in [3.63, 3.8) is 0 Å². The topological polar surface area (TPSA) is 33.2 Å². The van der Waals surface area contributed by atoms with Crippen LogP contribution in [0.2, 0.25) is 0 Å². The van der Waals surface area contributed by atoms with Gasteiger partial charge < -0.3 is 0 Å². The van der Waals surface area contributed by atoms with Crippen LogP contribution in [-0.4, -0.2) is 28.8 Å². The number of hydrogen-bond acceptors (Lipinski definition) is 3. The number of benzene rings is 2. The number of rotatable bonds is 2. The van der Waals surface area contributed by atoms with E-state index in [0.717, 1.165) is 31.6 Å². The van der Waals surface area contributed by atoms with Gasteiger partial charge in [0, 0.05) is 19.3 Å². The van der Waals surface area contributed by atoms with Crippen molar-refractivity contribution in [2.75, 3.05) is 13.1 Å². The number of Topliss-reactive ketones (excluding diaryl/α,β-unsaturated/α-hetero) is 1. The van der Waals surface area contributed by atoms with Gasteiger partial charge in [0.1, 0.15) is 0 Å². The van der Waals surface area contributed by atoms with E-state index in [2.05, 4.69) is 46.3 Å². The molecule has 3 aromatic rings. The Kier molecular flexibility index (Phi) is 6.23. The van der Waals surface area contributed by atoms with E-state index in [4.69, 9.17) is 0 Å². The molecule has 38 heavy (non-hydrogen) atoms. The minimum absolute atomic E-state index is 0.104. The zero-order valence-corrected chi connectivity index (χ0v) is 22.9. The lowest BCUT2D eigenvalue weighted by molar-refractivity contribution is -0.124. The zero-order chi connectivity index (χ0) is 25.7. The largest absolute Gasteiger partial charge is 0.298 e. The third-order valence-electron chi connectivity index (χ3n) is 9.91. The smallest absolute Gasteiger partial charge is 0.152 e. The SMILES string of the molecule is CC1C(=O)C2(Cc3cc4ccc(CN5CCCCCCCCCC6=C(C6)C5)cc4cc3C2)c2cccnc21. The van der Waals surface area contributed by atoms with Gasteiger partial charge in [-0.15, -0.1) is 0 Å². The fourth-order valence-electron chi connectivity index (χ4n) is 7.73. The van der Waals surface area contributed by atoms with Crippen molar-refractivity contribution in [1.82, 2.24) is 9.88 Å². The van der Waals surface area contributed by atoms with Crippen molar-refractivity contribution >= 4 is 16.6 Å². The van der Waals surface area contributed by atoms with Gasteiger partial charge in [0.2, 0.25) is 0 Å². The molecule has 2 atom stereocenters. The molecule has 2 aromatic carbocycles. The van der Waals surface area contributed by atoms with E-state index < -0.39 is 5.41 Å². The molecule has 7 rings (SSSR count). The average molecular weight is 505 g/mol. The summed E-state index contributed by atoms with van der Waals surface area (Å²) in [6, 6.07) is 16.0. The first-order valence-electron chi connectivity index (χ1n) is 15.1. The van der Waals surface area contributed by atoms with Crippen molar-refractivity contribution in [3.05, 3.63) is 87.8 Å². The maximum Gasteiger partial charge on any atom is 0.152 e. The number of aromatic nitrogens is 1. The summed E-state index contributed by atoms with van der Waals surface area (Å²) in [5.41, 5.74) is 9.32. The van der Waals surface area contributed by atoms with Crippen LogP contribution in [0.4, 0.5) is 0 Å². The maximum absolute atomic E-state index is 13.6. The first kappa shape index (κ1) is 24.3. The second-order valence-corrected chi connectivity index (χ2v) is 12.6. The molecular weight excluding hydrogens is 464 g/mol. The standard InChI is InChI=1S/C35H40N2O/c1-24-33-32(11-9-14-36-33)35(34(24)38)20-29-17-27-13-12-25(16-28(27)19-30(29)21-35)22-37-15-8-6-4-2-3-5-7-10-26-18-31(26)23-37/h9,11-14,16-17,19,24H,2-8,10,15,18,20-23H2,1H3. The molecule has 1 spiro atoms. The second-order valence-electron chi connectivity index (χ2n) is 12.6. The number of hydrogen-bond donors (Lipinski definition) is 0. The van der Waals surface area contributed by atoms with E-state index in [1.165, 1.54) is 97.4 Å². The Hall–Kier alpha value is -2.78. The van der Waals surface area contributed by atoms with Gasteiger partial charge in [-0.3, -0.25) is 14.7 Å². The Morgan fingerprint density at radius 1 is 0.895 bits per heavy atom. The number of carbonyl (C=O) groups excluding carboxylic acids is 1. The summed E-state index contributed by atoms with van der Waals surface area (Å²) in [5.74, 6) is 0.250. The molecule has 196 valence electrons. The first-order chi connectivity index (χ1) is 18.6. The molecule has 3 nitrogen and oxygen atoms in total. The van der Waals surface area contributed by atoms with Gasteiger partial charge in [0.15, 0.2) is 5.78 Å². The van der Waals surface area contributed by atoms with Gasteiger partial charge in [-0.1, -0.05) is 73.6 Å².